The summed E-state index contributed by atoms with van der Waals surface area (Å²) in [5.74, 6) is 1.12. The standard InChI is InChI=1S/C12H24N2S/c1-9-7-15-10(13-9)14-12(5,6)8-11(2,3)4/h9H,7-8H2,1-6H3,(H,13,14). The van der Waals surface area contributed by atoms with Crippen molar-refractivity contribution in [2.75, 3.05) is 5.75 Å². The molecule has 0 aromatic rings. The van der Waals surface area contributed by atoms with Crippen molar-refractivity contribution >= 4 is 16.9 Å². The molecule has 0 saturated carbocycles. The number of hydrogen-bond donors (Lipinski definition) is 1. The van der Waals surface area contributed by atoms with Crippen LogP contribution in [0.3, 0.4) is 0 Å². The van der Waals surface area contributed by atoms with Gasteiger partial charge in [-0.05, 0) is 32.6 Å². The topological polar surface area (TPSA) is 24.4 Å². The average molecular weight is 228 g/mol. The third kappa shape index (κ3) is 4.92. The highest BCUT2D eigenvalue weighted by Crippen LogP contribution is 2.28. The van der Waals surface area contributed by atoms with Crippen LogP contribution in [-0.2, 0) is 0 Å². The van der Waals surface area contributed by atoms with Gasteiger partial charge in [-0.2, -0.15) is 0 Å². The lowest BCUT2D eigenvalue weighted by molar-refractivity contribution is 0.268. The molecule has 0 bridgehead atoms. The van der Waals surface area contributed by atoms with Gasteiger partial charge in [0.05, 0.1) is 6.04 Å². The Bertz CT molecular complexity index is 251. The average Bonchev–Trinajstić information content (AvgIpc) is 2.27. The third-order valence-corrected chi connectivity index (χ3v) is 3.35. The Labute approximate surface area is 98.3 Å². The van der Waals surface area contributed by atoms with Crippen LogP contribution in [0.1, 0.15) is 48.0 Å². The molecule has 1 heterocycles. The van der Waals surface area contributed by atoms with Gasteiger partial charge in [0, 0.05) is 11.3 Å². The first kappa shape index (κ1) is 12.9. The Morgan fingerprint density at radius 3 is 2.33 bits per heavy atom. The minimum Gasteiger partial charge on any atom is -0.360 e. The fourth-order valence-electron chi connectivity index (χ4n) is 2.20. The van der Waals surface area contributed by atoms with Crippen LogP contribution in [0.4, 0.5) is 0 Å². The van der Waals surface area contributed by atoms with Crippen molar-refractivity contribution in [3.8, 4) is 0 Å². The summed E-state index contributed by atoms with van der Waals surface area (Å²) in [6, 6.07) is 0.475. The highest BCUT2D eigenvalue weighted by molar-refractivity contribution is 8.14. The summed E-state index contributed by atoms with van der Waals surface area (Å²) in [4.78, 5) is 4.57. The summed E-state index contributed by atoms with van der Waals surface area (Å²) >= 11 is 1.84. The molecule has 2 nitrogen and oxygen atoms in total. The van der Waals surface area contributed by atoms with Crippen LogP contribution in [0.2, 0.25) is 0 Å². The second kappa shape index (κ2) is 4.36. The molecule has 0 radical (unpaired) electrons. The van der Waals surface area contributed by atoms with Crippen LogP contribution >= 0.6 is 11.8 Å². The van der Waals surface area contributed by atoms with Crippen molar-refractivity contribution < 1.29 is 0 Å². The molecule has 0 fully saturated rings. The maximum atomic E-state index is 4.57. The largest absolute Gasteiger partial charge is 0.360 e. The predicted molar refractivity (Wildman–Crippen MR) is 70.6 cm³/mol. The predicted octanol–water partition coefficient (Wildman–Crippen LogP) is 3.28. The van der Waals surface area contributed by atoms with Crippen molar-refractivity contribution in [2.24, 2.45) is 10.4 Å². The SMILES string of the molecule is CC1CSC(NC(C)(C)CC(C)(C)C)=N1. The van der Waals surface area contributed by atoms with Gasteiger partial charge in [-0.15, -0.1) is 0 Å². The Balaban J connectivity index is 2.53. The van der Waals surface area contributed by atoms with Gasteiger partial charge < -0.3 is 5.32 Å². The fraction of sp³-hybridized carbons (Fsp3) is 0.917. The van der Waals surface area contributed by atoms with Gasteiger partial charge in [0.2, 0.25) is 0 Å². The first-order valence-electron chi connectivity index (χ1n) is 5.67. The summed E-state index contributed by atoms with van der Waals surface area (Å²) < 4.78 is 0. The third-order valence-electron chi connectivity index (χ3n) is 2.22. The summed E-state index contributed by atoms with van der Waals surface area (Å²) in [7, 11) is 0. The molecule has 0 aromatic heterocycles. The van der Waals surface area contributed by atoms with Gasteiger partial charge in [0.25, 0.3) is 0 Å². The Hall–Kier alpha value is -0.180. The minimum atomic E-state index is 0.133. The molecule has 0 aromatic carbocycles. The lowest BCUT2D eigenvalue weighted by Crippen LogP contribution is -2.44. The summed E-state index contributed by atoms with van der Waals surface area (Å²) in [5.41, 5.74) is 0.486. The molecule has 0 amide bonds. The zero-order chi connectivity index (χ0) is 11.7. The van der Waals surface area contributed by atoms with Crippen molar-refractivity contribution in [3.05, 3.63) is 0 Å². The van der Waals surface area contributed by atoms with Crippen molar-refractivity contribution in [1.82, 2.24) is 5.32 Å². The number of thioether (sulfide) groups is 1. The molecular weight excluding hydrogens is 204 g/mol. The van der Waals surface area contributed by atoms with Crippen LogP contribution in [0.25, 0.3) is 0 Å². The lowest BCUT2D eigenvalue weighted by atomic mass is 9.82. The smallest absolute Gasteiger partial charge is 0.157 e. The highest BCUT2D eigenvalue weighted by atomic mass is 32.2. The maximum absolute atomic E-state index is 4.57. The molecule has 1 atom stereocenters. The van der Waals surface area contributed by atoms with Gasteiger partial charge >= 0.3 is 0 Å². The van der Waals surface area contributed by atoms with Gasteiger partial charge in [-0.25, -0.2) is 0 Å². The minimum absolute atomic E-state index is 0.133. The molecule has 0 saturated heterocycles. The quantitative estimate of drug-likeness (QED) is 0.784. The van der Waals surface area contributed by atoms with E-state index in [2.05, 4.69) is 51.9 Å². The zero-order valence-corrected chi connectivity index (χ0v) is 11.7. The molecule has 88 valence electrons. The number of nitrogens with zero attached hydrogens (tertiary/aromatic N) is 1. The van der Waals surface area contributed by atoms with Crippen LogP contribution in [-0.4, -0.2) is 22.5 Å². The number of nitrogens with one attached hydrogen (secondary N) is 1. The highest BCUT2D eigenvalue weighted by Gasteiger charge is 2.27. The van der Waals surface area contributed by atoms with E-state index in [1.165, 1.54) is 0 Å². The molecule has 1 aliphatic rings. The van der Waals surface area contributed by atoms with E-state index in [9.17, 15) is 0 Å². The monoisotopic (exact) mass is 228 g/mol. The van der Waals surface area contributed by atoms with E-state index in [0.717, 1.165) is 17.3 Å². The molecule has 3 heteroatoms. The van der Waals surface area contributed by atoms with Crippen LogP contribution in [0.5, 0.6) is 0 Å². The normalized spacial score (nSPS) is 22.8. The van der Waals surface area contributed by atoms with Gasteiger partial charge in [0.15, 0.2) is 5.17 Å². The second-order valence-electron chi connectivity index (χ2n) is 6.34. The Morgan fingerprint density at radius 1 is 1.33 bits per heavy atom. The lowest BCUT2D eigenvalue weighted by Gasteiger charge is -2.33. The van der Waals surface area contributed by atoms with Gasteiger partial charge in [-0.1, -0.05) is 32.5 Å². The summed E-state index contributed by atoms with van der Waals surface area (Å²) in [6.07, 6.45) is 1.15. The van der Waals surface area contributed by atoms with Crippen LogP contribution in [0, 0.1) is 5.41 Å². The van der Waals surface area contributed by atoms with Crippen LogP contribution < -0.4 is 5.32 Å². The molecule has 0 aliphatic carbocycles. The van der Waals surface area contributed by atoms with Crippen molar-refractivity contribution in [2.45, 2.75) is 59.5 Å². The number of rotatable bonds is 2. The maximum Gasteiger partial charge on any atom is 0.157 e. The van der Waals surface area contributed by atoms with Crippen molar-refractivity contribution in [1.29, 1.82) is 0 Å². The number of amidine groups is 1. The van der Waals surface area contributed by atoms with E-state index in [-0.39, 0.29) is 5.54 Å². The number of hydrogen-bond acceptors (Lipinski definition) is 3. The van der Waals surface area contributed by atoms with Gasteiger partial charge in [-0.3, -0.25) is 4.99 Å². The molecule has 1 N–H and O–H groups in total. The first-order valence-corrected chi connectivity index (χ1v) is 6.65. The second-order valence-corrected chi connectivity index (χ2v) is 7.35. The first-order chi connectivity index (χ1) is 6.68. The van der Waals surface area contributed by atoms with E-state index in [4.69, 9.17) is 0 Å². The van der Waals surface area contributed by atoms with E-state index in [0.29, 0.717) is 11.5 Å². The molecule has 0 spiro atoms. The molecular formula is C12H24N2S. The molecule has 1 unspecified atom stereocenters. The molecule has 1 rings (SSSR count). The van der Waals surface area contributed by atoms with Crippen molar-refractivity contribution in [3.63, 3.8) is 0 Å². The van der Waals surface area contributed by atoms with E-state index in [1.54, 1.807) is 0 Å². The van der Waals surface area contributed by atoms with Gasteiger partial charge in [0.1, 0.15) is 0 Å². The zero-order valence-electron chi connectivity index (χ0n) is 10.8. The molecule has 15 heavy (non-hydrogen) atoms. The van der Waals surface area contributed by atoms with Crippen LogP contribution in [0.15, 0.2) is 4.99 Å². The summed E-state index contributed by atoms with van der Waals surface area (Å²) in [6.45, 7) is 13.5. The van der Waals surface area contributed by atoms with E-state index < -0.39 is 0 Å². The van der Waals surface area contributed by atoms with E-state index in [1.807, 2.05) is 11.8 Å². The Morgan fingerprint density at radius 2 is 1.93 bits per heavy atom. The fourth-order valence-corrected chi connectivity index (χ4v) is 3.28. The summed E-state index contributed by atoms with van der Waals surface area (Å²) in [5, 5.41) is 4.68. The molecule has 1 aliphatic heterocycles. The number of aliphatic imine (C=N–C) groups is 1. The Kier molecular flexibility index (Phi) is 3.75. The van der Waals surface area contributed by atoms with E-state index >= 15 is 0 Å².